The van der Waals surface area contributed by atoms with Crippen LogP contribution in [0.3, 0.4) is 0 Å². The van der Waals surface area contributed by atoms with Gasteiger partial charge in [-0.25, -0.2) is 18.0 Å². The number of β-amino-alcohol motifs (C(OH)–C–C–N with tert-alkyl or cyclic N) is 1. The number of carbonyl (C=O) groups is 2. The molecule has 2 amide bonds. The van der Waals surface area contributed by atoms with E-state index in [4.69, 9.17) is 15.2 Å². The highest BCUT2D eigenvalue weighted by Crippen LogP contribution is 2.33. The Morgan fingerprint density at radius 2 is 1.58 bits per heavy atom. The fourth-order valence-corrected chi connectivity index (χ4v) is 5.38. The molecule has 1 heterocycles. The maximum Gasteiger partial charge on any atom is 0.338 e. The van der Waals surface area contributed by atoms with Crippen LogP contribution in [0.25, 0.3) is 0 Å². The molecule has 0 aliphatic carbocycles. The van der Waals surface area contributed by atoms with Crippen LogP contribution in [0.1, 0.15) is 6.42 Å². The van der Waals surface area contributed by atoms with Gasteiger partial charge in [-0.05, 0) is 55.0 Å². The van der Waals surface area contributed by atoms with E-state index in [2.05, 4.69) is 0 Å². The smallest absolute Gasteiger partial charge is 0.338 e. The number of urea groups is 1. The van der Waals surface area contributed by atoms with Crippen LogP contribution in [0.5, 0.6) is 17.2 Å². The zero-order valence-corrected chi connectivity index (χ0v) is 17.4. The minimum absolute atomic E-state index is 0.0898. The monoisotopic (exact) mass is 450 g/mol. The number of benzene rings is 2. The second-order valence-corrected chi connectivity index (χ2v) is 9.19. The summed E-state index contributed by atoms with van der Waals surface area (Å²) >= 11 is 0. The van der Waals surface area contributed by atoms with Gasteiger partial charge in [0.1, 0.15) is 22.5 Å². The summed E-state index contributed by atoms with van der Waals surface area (Å²) in [6.45, 7) is -0.812. The van der Waals surface area contributed by atoms with E-state index in [0.29, 0.717) is 17.2 Å². The molecular weight excluding hydrogens is 428 g/mol. The minimum Gasteiger partial charge on any atom is -0.497 e. The van der Waals surface area contributed by atoms with Crippen molar-refractivity contribution in [1.29, 1.82) is 0 Å². The van der Waals surface area contributed by atoms with Gasteiger partial charge in [0.15, 0.2) is 15.4 Å². The lowest BCUT2D eigenvalue weighted by molar-refractivity contribution is -0.162. The maximum absolute atomic E-state index is 13.1. The Morgan fingerprint density at radius 1 is 1.06 bits per heavy atom. The number of amides is 2. The van der Waals surface area contributed by atoms with Crippen LogP contribution in [-0.2, 0) is 14.6 Å². The second-order valence-electron chi connectivity index (χ2n) is 7.06. The Morgan fingerprint density at radius 3 is 2.06 bits per heavy atom. The van der Waals surface area contributed by atoms with Crippen LogP contribution in [0.2, 0.25) is 0 Å². The van der Waals surface area contributed by atoms with E-state index >= 15 is 0 Å². The molecule has 1 aliphatic heterocycles. The molecule has 2 atom stereocenters. The number of nitrogens with two attached hydrogens (primary N) is 1. The van der Waals surface area contributed by atoms with Gasteiger partial charge in [0, 0.05) is 6.54 Å². The molecule has 0 bridgehead atoms. The number of carboxylic acids is 1. The summed E-state index contributed by atoms with van der Waals surface area (Å²) in [5.41, 5.74) is 2.47. The van der Waals surface area contributed by atoms with Crippen LogP contribution in [-0.4, -0.2) is 66.6 Å². The third-order valence-corrected chi connectivity index (χ3v) is 7.43. The first-order chi connectivity index (χ1) is 14.6. The number of piperidine rings is 1. The molecule has 1 fully saturated rings. The van der Waals surface area contributed by atoms with Crippen molar-refractivity contribution in [2.75, 3.05) is 20.2 Å². The highest BCUT2D eigenvalue weighted by atomic mass is 32.2. The Labute approximate surface area is 178 Å². The number of hydrogen-bond acceptors (Lipinski definition) is 7. The van der Waals surface area contributed by atoms with E-state index in [1.165, 1.54) is 31.4 Å². The van der Waals surface area contributed by atoms with Crippen molar-refractivity contribution in [3.8, 4) is 17.2 Å². The van der Waals surface area contributed by atoms with Crippen molar-refractivity contribution >= 4 is 21.8 Å². The number of nitrogens with zero attached hydrogens (tertiary/aromatic N) is 1. The van der Waals surface area contributed by atoms with Gasteiger partial charge < -0.3 is 30.3 Å². The number of sulfone groups is 1. The number of aliphatic hydroxyl groups is 1. The Balaban J connectivity index is 1.83. The van der Waals surface area contributed by atoms with E-state index in [0.717, 1.165) is 4.90 Å². The average Bonchev–Trinajstić information content (AvgIpc) is 2.74. The topological polar surface area (TPSA) is 156 Å². The van der Waals surface area contributed by atoms with Crippen LogP contribution in [0.4, 0.5) is 4.79 Å². The summed E-state index contributed by atoms with van der Waals surface area (Å²) in [4.78, 5) is 23.8. The number of likely N-dealkylation sites (tertiary alicyclic amines) is 1. The van der Waals surface area contributed by atoms with Crippen LogP contribution in [0.15, 0.2) is 53.4 Å². The molecule has 2 aromatic rings. The molecule has 0 spiro atoms. The number of carbonyl (C=O) groups excluding carboxylic acids is 1. The summed E-state index contributed by atoms with van der Waals surface area (Å²) in [7, 11) is -2.70. The summed E-state index contributed by atoms with van der Waals surface area (Å²) < 4.78 is 37.0. The standard InChI is InChI=1S/C20H22N2O8S/c1-29-13-2-4-14(5-3-13)30-15-6-8-16(9-7-15)31(27,28)17-10-11-22(19(21)25)12-20(17,26)18(23)24/h2-9,17,26H,10-12H2,1H3,(H2,21,25)(H,23,24). The van der Waals surface area contributed by atoms with Crippen molar-refractivity contribution in [3.05, 3.63) is 48.5 Å². The van der Waals surface area contributed by atoms with E-state index in [-0.39, 0.29) is 17.9 Å². The predicted octanol–water partition coefficient (Wildman–Crippen LogP) is 1.23. The third-order valence-electron chi connectivity index (χ3n) is 5.13. The number of hydrogen-bond donors (Lipinski definition) is 3. The Kier molecular flexibility index (Phi) is 6.09. The lowest BCUT2D eigenvalue weighted by atomic mass is 9.92. The van der Waals surface area contributed by atoms with Crippen LogP contribution < -0.4 is 15.2 Å². The van der Waals surface area contributed by atoms with Gasteiger partial charge in [-0.2, -0.15) is 0 Å². The summed E-state index contributed by atoms with van der Waals surface area (Å²) in [6, 6.07) is 11.2. The van der Waals surface area contributed by atoms with Gasteiger partial charge in [0.05, 0.1) is 18.6 Å². The van der Waals surface area contributed by atoms with Gasteiger partial charge in [0.2, 0.25) is 0 Å². The van der Waals surface area contributed by atoms with Crippen LogP contribution >= 0.6 is 0 Å². The molecule has 2 unspecified atom stereocenters. The predicted molar refractivity (Wildman–Crippen MR) is 109 cm³/mol. The van der Waals surface area contributed by atoms with E-state index in [1.807, 2.05) is 0 Å². The van der Waals surface area contributed by atoms with Gasteiger partial charge in [-0.3, -0.25) is 0 Å². The lowest BCUT2D eigenvalue weighted by Gasteiger charge is -2.40. The zero-order valence-electron chi connectivity index (χ0n) is 16.6. The highest BCUT2D eigenvalue weighted by Gasteiger charge is 2.55. The normalized spacial score (nSPS) is 21.4. The highest BCUT2D eigenvalue weighted by molar-refractivity contribution is 7.92. The first kappa shape index (κ1) is 22.4. The lowest BCUT2D eigenvalue weighted by Crippen LogP contribution is -2.65. The molecule has 0 saturated carbocycles. The maximum atomic E-state index is 13.1. The van der Waals surface area contributed by atoms with Crippen molar-refractivity contribution in [2.45, 2.75) is 22.2 Å². The van der Waals surface area contributed by atoms with Gasteiger partial charge >= 0.3 is 12.0 Å². The van der Waals surface area contributed by atoms with Gasteiger partial charge in [-0.1, -0.05) is 0 Å². The molecule has 1 saturated heterocycles. The Bertz CT molecular complexity index is 1070. The van der Waals surface area contributed by atoms with Crippen molar-refractivity contribution in [2.24, 2.45) is 5.73 Å². The Hall–Kier alpha value is -3.31. The molecule has 31 heavy (non-hydrogen) atoms. The number of rotatable bonds is 6. The van der Waals surface area contributed by atoms with Crippen LogP contribution in [0, 0.1) is 0 Å². The van der Waals surface area contributed by atoms with E-state index in [9.17, 15) is 28.2 Å². The number of aliphatic carboxylic acids is 1. The first-order valence-corrected chi connectivity index (χ1v) is 10.8. The fraction of sp³-hybridized carbons (Fsp3) is 0.300. The molecular formula is C20H22N2O8S. The largest absolute Gasteiger partial charge is 0.497 e. The average molecular weight is 450 g/mol. The molecule has 3 rings (SSSR count). The number of primary amides is 1. The summed E-state index contributed by atoms with van der Waals surface area (Å²) in [5.74, 6) is -0.217. The number of ether oxygens (including phenoxy) is 2. The molecule has 166 valence electrons. The SMILES string of the molecule is COc1ccc(Oc2ccc(S(=O)(=O)C3CCN(C(N)=O)CC3(O)C(=O)O)cc2)cc1. The van der Waals surface area contributed by atoms with Crippen molar-refractivity contribution in [1.82, 2.24) is 4.90 Å². The molecule has 11 heteroatoms. The number of methoxy groups -OCH3 is 1. The van der Waals surface area contributed by atoms with E-state index in [1.54, 1.807) is 24.3 Å². The minimum atomic E-state index is -4.24. The molecule has 4 N–H and O–H groups in total. The summed E-state index contributed by atoms with van der Waals surface area (Å²) in [5, 5.41) is 18.5. The quantitative estimate of drug-likeness (QED) is 0.593. The second kappa shape index (κ2) is 8.44. The molecule has 1 aliphatic rings. The third kappa shape index (κ3) is 4.42. The molecule has 10 nitrogen and oxygen atoms in total. The first-order valence-electron chi connectivity index (χ1n) is 9.24. The van der Waals surface area contributed by atoms with Gasteiger partial charge in [0.25, 0.3) is 0 Å². The number of carboxylic acid groups (broad SMARTS) is 1. The fourth-order valence-electron chi connectivity index (χ4n) is 3.43. The van der Waals surface area contributed by atoms with Gasteiger partial charge in [-0.15, -0.1) is 0 Å². The van der Waals surface area contributed by atoms with Crippen molar-refractivity contribution < 1.29 is 37.7 Å². The van der Waals surface area contributed by atoms with E-state index < -0.39 is 39.2 Å². The van der Waals surface area contributed by atoms with Crippen molar-refractivity contribution in [3.63, 3.8) is 0 Å². The summed E-state index contributed by atoms with van der Waals surface area (Å²) in [6.07, 6.45) is -0.280. The molecule has 0 radical (unpaired) electrons. The zero-order chi connectivity index (χ0) is 22.8. The molecule has 2 aromatic carbocycles. The molecule has 0 aromatic heterocycles.